The summed E-state index contributed by atoms with van der Waals surface area (Å²) in [5, 5.41) is 9.15. The molecule has 2 rings (SSSR count). The van der Waals surface area contributed by atoms with Crippen molar-refractivity contribution in [3.63, 3.8) is 0 Å². The maximum Gasteiger partial charge on any atom is 0.279 e. The van der Waals surface area contributed by atoms with Crippen LogP contribution >= 0.6 is 0 Å². The van der Waals surface area contributed by atoms with Gasteiger partial charge in [-0.05, 0) is 18.8 Å². The van der Waals surface area contributed by atoms with E-state index in [0.29, 0.717) is 26.1 Å². The average molecular weight is 302 g/mol. The lowest BCUT2D eigenvalue weighted by Gasteiger charge is -2.30. The molecule has 1 fully saturated rings. The van der Waals surface area contributed by atoms with E-state index >= 15 is 0 Å². The van der Waals surface area contributed by atoms with Crippen LogP contribution in [0.5, 0.6) is 0 Å². The van der Waals surface area contributed by atoms with Gasteiger partial charge in [0.1, 0.15) is 5.82 Å². The maximum absolute atomic E-state index is 12.2. The Labute approximate surface area is 119 Å². The minimum Gasteiger partial charge on any atom is -0.396 e. The second-order valence-corrected chi connectivity index (χ2v) is 6.91. The van der Waals surface area contributed by atoms with E-state index in [1.807, 2.05) is 17.8 Å². The molecule has 7 nitrogen and oxygen atoms in total. The fourth-order valence-corrected chi connectivity index (χ4v) is 3.73. The van der Waals surface area contributed by atoms with Crippen molar-refractivity contribution in [1.29, 1.82) is 0 Å². The van der Waals surface area contributed by atoms with Crippen LogP contribution in [0.2, 0.25) is 0 Å². The summed E-state index contributed by atoms with van der Waals surface area (Å²) in [5.74, 6) is 0.898. The molecule has 114 valence electrons. The van der Waals surface area contributed by atoms with E-state index < -0.39 is 10.2 Å². The summed E-state index contributed by atoms with van der Waals surface area (Å²) in [4.78, 5) is 4.15. The van der Waals surface area contributed by atoms with Gasteiger partial charge in [0, 0.05) is 52.1 Å². The number of hydrogen-bond donors (Lipinski definition) is 2. The maximum atomic E-state index is 12.2. The van der Waals surface area contributed by atoms with Crippen LogP contribution in [0.1, 0.15) is 18.7 Å². The Balaban J connectivity index is 1.86. The van der Waals surface area contributed by atoms with Crippen molar-refractivity contribution in [2.24, 2.45) is 13.0 Å². The minimum absolute atomic E-state index is 0.0410. The number of hydrogen-bond acceptors (Lipinski definition) is 4. The third-order valence-corrected chi connectivity index (χ3v) is 5.21. The van der Waals surface area contributed by atoms with Gasteiger partial charge in [-0.3, -0.25) is 0 Å². The van der Waals surface area contributed by atoms with Gasteiger partial charge in [0.15, 0.2) is 0 Å². The van der Waals surface area contributed by atoms with Crippen molar-refractivity contribution in [2.45, 2.75) is 19.3 Å². The molecule has 2 heterocycles. The molecule has 1 aliphatic rings. The first-order valence-electron chi connectivity index (χ1n) is 6.84. The molecule has 20 heavy (non-hydrogen) atoms. The van der Waals surface area contributed by atoms with Crippen LogP contribution in [-0.2, 0) is 23.7 Å². The number of aliphatic hydroxyl groups excluding tert-OH is 1. The van der Waals surface area contributed by atoms with Gasteiger partial charge >= 0.3 is 0 Å². The number of rotatable bonds is 6. The largest absolute Gasteiger partial charge is 0.396 e. The molecule has 1 unspecified atom stereocenters. The normalized spacial score (nSPS) is 21.2. The molecule has 8 heteroatoms. The van der Waals surface area contributed by atoms with E-state index in [-0.39, 0.29) is 12.5 Å². The Morgan fingerprint density at radius 2 is 2.35 bits per heavy atom. The summed E-state index contributed by atoms with van der Waals surface area (Å²) in [6.07, 6.45) is 5.77. The topological polar surface area (TPSA) is 87.5 Å². The molecule has 1 aliphatic heterocycles. The van der Waals surface area contributed by atoms with Crippen LogP contribution in [-0.4, -0.2) is 53.6 Å². The van der Waals surface area contributed by atoms with Crippen LogP contribution in [0.25, 0.3) is 0 Å². The van der Waals surface area contributed by atoms with E-state index in [1.165, 1.54) is 4.31 Å². The quantitative estimate of drug-likeness (QED) is 0.742. The predicted octanol–water partition coefficient (Wildman–Crippen LogP) is -0.499. The molecule has 1 aromatic rings. The monoisotopic (exact) mass is 302 g/mol. The summed E-state index contributed by atoms with van der Waals surface area (Å²) in [5.41, 5.74) is 0. The molecule has 0 spiro atoms. The summed E-state index contributed by atoms with van der Waals surface area (Å²) in [6, 6.07) is 0. The fourth-order valence-electron chi connectivity index (χ4n) is 2.41. The van der Waals surface area contributed by atoms with Crippen molar-refractivity contribution in [3.05, 3.63) is 18.2 Å². The highest BCUT2D eigenvalue weighted by molar-refractivity contribution is 7.87. The summed E-state index contributed by atoms with van der Waals surface area (Å²) >= 11 is 0. The van der Waals surface area contributed by atoms with Gasteiger partial charge in [-0.25, -0.2) is 9.71 Å². The zero-order chi connectivity index (χ0) is 14.6. The highest BCUT2D eigenvalue weighted by atomic mass is 32.2. The highest BCUT2D eigenvalue weighted by Crippen LogP contribution is 2.17. The van der Waals surface area contributed by atoms with Crippen LogP contribution in [0.3, 0.4) is 0 Å². The van der Waals surface area contributed by atoms with Crippen LogP contribution < -0.4 is 4.72 Å². The first kappa shape index (κ1) is 15.4. The van der Waals surface area contributed by atoms with Crippen molar-refractivity contribution in [3.8, 4) is 0 Å². The van der Waals surface area contributed by atoms with Crippen molar-refractivity contribution in [2.75, 3.05) is 26.2 Å². The lowest BCUT2D eigenvalue weighted by Crippen LogP contribution is -2.47. The molecular formula is C12H22N4O3S. The number of nitrogens with zero attached hydrogens (tertiary/aromatic N) is 3. The van der Waals surface area contributed by atoms with Gasteiger partial charge in [-0.15, -0.1) is 0 Å². The molecular weight excluding hydrogens is 280 g/mol. The number of nitrogens with one attached hydrogen (secondary N) is 1. The van der Waals surface area contributed by atoms with Crippen molar-refractivity contribution in [1.82, 2.24) is 18.6 Å². The fraction of sp³-hybridized carbons (Fsp3) is 0.750. The summed E-state index contributed by atoms with van der Waals surface area (Å²) < 4.78 is 30.2. The molecule has 1 saturated heterocycles. The first-order chi connectivity index (χ1) is 9.53. The molecule has 1 atom stereocenters. The van der Waals surface area contributed by atoms with E-state index in [1.54, 1.807) is 6.20 Å². The highest BCUT2D eigenvalue weighted by Gasteiger charge is 2.28. The smallest absolute Gasteiger partial charge is 0.279 e. The van der Waals surface area contributed by atoms with E-state index in [4.69, 9.17) is 5.11 Å². The third-order valence-electron chi connectivity index (χ3n) is 3.63. The average Bonchev–Trinajstić information content (AvgIpc) is 2.84. The van der Waals surface area contributed by atoms with Gasteiger partial charge in [-0.1, -0.05) is 0 Å². The van der Waals surface area contributed by atoms with Gasteiger partial charge in [0.2, 0.25) is 0 Å². The zero-order valence-electron chi connectivity index (χ0n) is 11.7. The molecule has 0 saturated carbocycles. The lowest BCUT2D eigenvalue weighted by atomic mass is 10.0. The van der Waals surface area contributed by atoms with E-state index in [2.05, 4.69) is 9.71 Å². The molecule has 1 aromatic heterocycles. The number of aliphatic hydroxyl groups is 1. The molecule has 0 bridgehead atoms. The number of aromatic nitrogens is 2. The number of aryl methyl sites for hydroxylation is 1. The van der Waals surface area contributed by atoms with Crippen LogP contribution in [0, 0.1) is 5.92 Å². The third kappa shape index (κ3) is 3.78. The summed E-state index contributed by atoms with van der Waals surface area (Å²) in [7, 11) is -1.57. The summed E-state index contributed by atoms with van der Waals surface area (Å²) in [6.45, 7) is 1.29. The van der Waals surface area contributed by atoms with E-state index in [9.17, 15) is 8.42 Å². The van der Waals surface area contributed by atoms with E-state index in [0.717, 1.165) is 18.7 Å². The SMILES string of the molecule is Cn1ccnc1CCNS(=O)(=O)N1CCCC(CO)C1. The van der Waals surface area contributed by atoms with Gasteiger partial charge < -0.3 is 9.67 Å². The zero-order valence-corrected chi connectivity index (χ0v) is 12.5. The predicted molar refractivity (Wildman–Crippen MR) is 75.2 cm³/mol. The van der Waals surface area contributed by atoms with Gasteiger partial charge in [0.25, 0.3) is 10.2 Å². The van der Waals surface area contributed by atoms with Crippen LogP contribution in [0.4, 0.5) is 0 Å². The Bertz CT molecular complexity index is 529. The second-order valence-electron chi connectivity index (χ2n) is 5.15. The molecule has 0 amide bonds. The molecule has 0 radical (unpaired) electrons. The second kappa shape index (κ2) is 6.66. The van der Waals surface area contributed by atoms with Gasteiger partial charge in [0.05, 0.1) is 0 Å². The van der Waals surface area contributed by atoms with Crippen LogP contribution in [0.15, 0.2) is 12.4 Å². The van der Waals surface area contributed by atoms with Gasteiger partial charge in [-0.2, -0.15) is 12.7 Å². The Hall–Kier alpha value is -0.960. The molecule has 2 N–H and O–H groups in total. The minimum atomic E-state index is -3.46. The Kier molecular flexibility index (Phi) is 5.14. The Morgan fingerprint density at radius 3 is 3.00 bits per heavy atom. The van der Waals surface area contributed by atoms with Crippen molar-refractivity contribution < 1.29 is 13.5 Å². The lowest BCUT2D eigenvalue weighted by molar-refractivity contribution is 0.165. The molecule has 0 aromatic carbocycles. The van der Waals surface area contributed by atoms with Crippen molar-refractivity contribution >= 4 is 10.2 Å². The number of imidazole rings is 1. The first-order valence-corrected chi connectivity index (χ1v) is 8.28. The number of piperidine rings is 1. The standard InChI is InChI=1S/C12H22N4O3S/c1-15-8-6-13-12(15)4-5-14-20(18,19)16-7-2-3-11(9-16)10-17/h6,8,11,14,17H,2-5,7,9-10H2,1H3. The molecule has 0 aliphatic carbocycles. The Morgan fingerprint density at radius 1 is 1.55 bits per heavy atom.